The zero-order chi connectivity index (χ0) is 14.5. The molecule has 2 aliphatic heterocycles. The lowest BCUT2D eigenvalue weighted by Crippen LogP contribution is -2.41. The van der Waals surface area contributed by atoms with Crippen LogP contribution in [0.15, 0.2) is 0 Å². The molecule has 0 bridgehead atoms. The molecule has 2 rings (SSSR count). The average Bonchev–Trinajstić information content (AvgIpc) is 2.79. The molecule has 2 amide bonds. The van der Waals surface area contributed by atoms with E-state index in [2.05, 4.69) is 0 Å². The van der Waals surface area contributed by atoms with Crippen molar-refractivity contribution in [1.29, 1.82) is 0 Å². The minimum absolute atomic E-state index is 0.0209. The summed E-state index contributed by atoms with van der Waals surface area (Å²) in [5.41, 5.74) is 0. The van der Waals surface area contributed by atoms with Crippen molar-refractivity contribution in [2.75, 3.05) is 50.9 Å². The van der Waals surface area contributed by atoms with Gasteiger partial charge in [-0.3, -0.25) is 9.59 Å². The number of β-amino-alcohol motifs (C(OH)–C–C–N with tert-alkyl or cyclic N) is 2. The lowest BCUT2D eigenvalue weighted by atomic mass is 10.3. The number of thioether (sulfide) groups is 1. The summed E-state index contributed by atoms with van der Waals surface area (Å²) in [6.07, 6.45) is -1.72. The maximum Gasteiger partial charge on any atom is 0.232 e. The van der Waals surface area contributed by atoms with Gasteiger partial charge in [0.05, 0.1) is 36.9 Å². The van der Waals surface area contributed by atoms with Gasteiger partial charge in [0.25, 0.3) is 0 Å². The van der Waals surface area contributed by atoms with Crippen molar-refractivity contribution in [3.8, 4) is 0 Å². The standard InChI is InChI=1S/C12H20N2O5S/c15-9-5-14(6-10(9)16)12(18)8-20-7-11(17)13-1-3-19-4-2-13/h9-10,15-16H,1-8H2/t9-,10+. The predicted molar refractivity (Wildman–Crippen MR) is 73.3 cm³/mol. The van der Waals surface area contributed by atoms with Crippen molar-refractivity contribution < 1.29 is 24.5 Å². The number of likely N-dealkylation sites (tertiary alicyclic amines) is 1. The van der Waals surface area contributed by atoms with Gasteiger partial charge in [0.1, 0.15) is 0 Å². The van der Waals surface area contributed by atoms with E-state index in [4.69, 9.17) is 4.74 Å². The lowest BCUT2D eigenvalue weighted by molar-refractivity contribution is -0.132. The summed E-state index contributed by atoms with van der Waals surface area (Å²) in [7, 11) is 0. The molecule has 2 N–H and O–H groups in total. The number of aliphatic hydroxyl groups excluding tert-OH is 2. The van der Waals surface area contributed by atoms with Gasteiger partial charge < -0.3 is 24.7 Å². The molecule has 2 saturated heterocycles. The van der Waals surface area contributed by atoms with Crippen molar-refractivity contribution in [2.24, 2.45) is 0 Å². The molecular weight excluding hydrogens is 284 g/mol. The Hall–Kier alpha value is -0.830. The molecule has 7 nitrogen and oxygen atoms in total. The number of carbonyl (C=O) groups excluding carboxylic acids is 2. The van der Waals surface area contributed by atoms with Crippen LogP contribution >= 0.6 is 11.8 Å². The molecule has 20 heavy (non-hydrogen) atoms. The van der Waals surface area contributed by atoms with Crippen LogP contribution in [-0.4, -0.2) is 94.9 Å². The van der Waals surface area contributed by atoms with Crippen molar-refractivity contribution in [1.82, 2.24) is 9.80 Å². The number of rotatable bonds is 4. The van der Waals surface area contributed by atoms with Crippen LogP contribution in [-0.2, 0) is 14.3 Å². The minimum Gasteiger partial charge on any atom is -0.388 e. The first kappa shape index (κ1) is 15.6. The summed E-state index contributed by atoms with van der Waals surface area (Å²) < 4.78 is 5.17. The van der Waals surface area contributed by atoms with E-state index in [0.29, 0.717) is 26.3 Å². The molecule has 2 aliphatic rings. The first-order valence-corrected chi connectivity index (χ1v) is 7.80. The Labute approximate surface area is 121 Å². The third-order valence-electron chi connectivity index (χ3n) is 3.43. The van der Waals surface area contributed by atoms with Crippen molar-refractivity contribution in [3.63, 3.8) is 0 Å². The highest BCUT2D eigenvalue weighted by Crippen LogP contribution is 2.13. The summed E-state index contributed by atoms with van der Waals surface area (Å²) in [5.74, 6) is 0.327. The predicted octanol–water partition coefficient (Wildman–Crippen LogP) is -1.86. The second kappa shape index (κ2) is 7.26. The normalized spacial score (nSPS) is 26.9. The van der Waals surface area contributed by atoms with Crippen LogP contribution < -0.4 is 0 Å². The molecule has 8 heteroatoms. The first-order valence-electron chi connectivity index (χ1n) is 6.65. The first-order chi connectivity index (χ1) is 9.58. The van der Waals surface area contributed by atoms with Gasteiger partial charge in [0.2, 0.25) is 11.8 Å². The van der Waals surface area contributed by atoms with Gasteiger partial charge in [-0.2, -0.15) is 0 Å². The Bertz CT molecular complexity index is 352. The molecule has 2 heterocycles. The number of carbonyl (C=O) groups is 2. The molecule has 0 aromatic carbocycles. The maximum absolute atomic E-state index is 11.8. The number of hydrogen-bond acceptors (Lipinski definition) is 6. The summed E-state index contributed by atoms with van der Waals surface area (Å²) in [4.78, 5) is 26.9. The fourth-order valence-electron chi connectivity index (χ4n) is 2.19. The van der Waals surface area contributed by atoms with Crippen molar-refractivity contribution in [2.45, 2.75) is 12.2 Å². The molecule has 0 radical (unpaired) electrons. The van der Waals surface area contributed by atoms with Crippen LogP contribution in [0.3, 0.4) is 0 Å². The molecular formula is C12H20N2O5S. The van der Waals surface area contributed by atoms with Crippen LogP contribution in [0.2, 0.25) is 0 Å². The fourth-order valence-corrected chi connectivity index (χ4v) is 3.01. The summed E-state index contributed by atoms with van der Waals surface area (Å²) in [5, 5.41) is 18.8. The zero-order valence-electron chi connectivity index (χ0n) is 11.2. The van der Waals surface area contributed by atoms with Crippen molar-refractivity contribution >= 4 is 23.6 Å². The minimum atomic E-state index is -0.862. The molecule has 0 aliphatic carbocycles. The molecule has 0 spiro atoms. The van der Waals surface area contributed by atoms with Gasteiger partial charge in [-0.05, 0) is 0 Å². The van der Waals surface area contributed by atoms with Gasteiger partial charge in [0.15, 0.2) is 0 Å². The number of morpholine rings is 1. The smallest absolute Gasteiger partial charge is 0.232 e. The van der Waals surface area contributed by atoms with E-state index in [1.165, 1.54) is 16.7 Å². The lowest BCUT2D eigenvalue weighted by Gasteiger charge is -2.26. The number of nitrogens with zero attached hydrogens (tertiary/aromatic N) is 2. The van der Waals surface area contributed by atoms with Crippen LogP contribution in [0, 0.1) is 0 Å². The Morgan fingerprint density at radius 3 is 2.05 bits per heavy atom. The summed E-state index contributed by atoms with van der Waals surface area (Å²) in [6.45, 7) is 2.68. The monoisotopic (exact) mass is 304 g/mol. The molecule has 0 unspecified atom stereocenters. The quantitative estimate of drug-likeness (QED) is 0.633. The largest absolute Gasteiger partial charge is 0.388 e. The van der Waals surface area contributed by atoms with Crippen molar-refractivity contribution in [3.05, 3.63) is 0 Å². The van der Waals surface area contributed by atoms with Gasteiger partial charge in [-0.25, -0.2) is 0 Å². The zero-order valence-corrected chi connectivity index (χ0v) is 12.0. The summed E-state index contributed by atoms with van der Waals surface area (Å²) >= 11 is 1.27. The number of aliphatic hydroxyl groups is 2. The van der Waals surface area contributed by atoms with E-state index >= 15 is 0 Å². The summed E-state index contributed by atoms with van der Waals surface area (Å²) in [6, 6.07) is 0. The topological polar surface area (TPSA) is 90.3 Å². The Balaban J connectivity index is 1.65. The van der Waals surface area contributed by atoms with Crippen LogP contribution in [0.1, 0.15) is 0 Å². The molecule has 114 valence electrons. The molecule has 0 aromatic heterocycles. The van der Waals surface area contributed by atoms with Gasteiger partial charge >= 0.3 is 0 Å². The Kier molecular flexibility index (Phi) is 5.64. The Morgan fingerprint density at radius 2 is 1.50 bits per heavy atom. The average molecular weight is 304 g/mol. The van der Waals surface area contributed by atoms with E-state index in [9.17, 15) is 19.8 Å². The molecule has 0 aromatic rings. The molecule has 0 saturated carbocycles. The second-order valence-corrected chi connectivity index (χ2v) is 5.90. The van der Waals surface area contributed by atoms with Gasteiger partial charge in [0, 0.05) is 26.2 Å². The fraction of sp³-hybridized carbons (Fsp3) is 0.833. The Morgan fingerprint density at radius 1 is 1.00 bits per heavy atom. The van der Waals surface area contributed by atoms with E-state index in [0.717, 1.165) is 0 Å². The van der Waals surface area contributed by atoms with Gasteiger partial charge in [-0.15, -0.1) is 11.8 Å². The number of ether oxygens (including phenoxy) is 1. The highest BCUT2D eigenvalue weighted by molar-refractivity contribution is 8.00. The number of hydrogen-bond donors (Lipinski definition) is 2. The molecule has 2 atom stereocenters. The van der Waals surface area contributed by atoms with E-state index < -0.39 is 12.2 Å². The molecule has 2 fully saturated rings. The van der Waals surface area contributed by atoms with E-state index in [1.54, 1.807) is 4.90 Å². The maximum atomic E-state index is 11.8. The van der Waals surface area contributed by atoms with Crippen LogP contribution in [0.4, 0.5) is 0 Å². The third-order valence-corrected chi connectivity index (χ3v) is 4.33. The van der Waals surface area contributed by atoms with Gasteiger partial charge in [-0.1, -0.05) is 0 Å². The highest BCUT2D eigenvalue weighted by Gasteiger charge is 2.32. The van der Waals surface area contributed by atoms with E-state index in [-0.39, 0.29) is 36.4 Å². The third kappa shape index (κ3) is 4.08. The van der Waals surface area contributed by atoms with E-state index in [1.807, 2.05) is 0 Å². The highest BCUT2D eigenvalue weighted by atomic mass is 32.2. The van der Waals surface area contributed by atoms with Crippen LogP contribution in [0.25, 0.3) is 0 Å². The SMILES string of the molecule is O=C(CSCC(=O)N1C[C@@H](O)[C@@H](O)C1)N1CCOCC1. The van der Waals surface area contributed by atoms with Crippen LogP contribution in [0.5, 0.6) is 0 Å². The second-order valence-electron chi connectivity index (χ2n) is 4.92. The number of amides is 2.